The van der Waals surface area contributed by atoms with Crippen molar-refractivity contribution in [2.45, 2.75) is 19.8 Å². The minimum absolute atomic E-state index is 0. The van der Waals surface area contributed by atoms with Crippen molar-refractivity contribution in [3.8, 4) is 11.5 Å². The normalized spacial score (nSPS) is 19.2. The molecule has 1 unspecified atom stereocenters. The highest BCUT2D eigenvalue weighted by atomic mass is 35.5. The SMILES string of the molecule is COc1ccccc1OCC=CCN1CCCC(C)C1.Cl. The van der Waals surface area contributed by atoms with Crippen LogP contribution in [0.15, 0.2) is 36.4 Å². The zero-order valence-electron chi connectivity index (χ0n) is 13.0. The lowest BCUT2D eigenvalue weighted by molar-refractivity contribution is 0.201. The molecule has 0 radical (unpaired) electrons. The van der Waals surface area contributed by atoms with Crippen molar-refractivity contribution >= 4 is 12.4 Å². The van der Waals surface area contributed by atoms with Crippen LogP contribution >= 0.6 is 12.4 Å². The van der Waals surface area contributed by atoms with E-state index < -0.39 is 0 Å². The lowest BCUT2D eigenvalue weighted by Crippen LogP contribution is -2.34. The van der Waals surface area contributed by atoms with Gasteiger partial charge in [-0.1, -0.05) is 31.2 Å². The number of hydrogen-bond donors (Lipinski definition) is 0. The number of para-hydroxylation sites is 2. The van der Waals surface area contributed by atoms with Crippen molar-refractivity contribution in [2.24, 2.45) is 5.92 Å². The van der Waals surface area contributed by atoms with E-state index in [2.05, 4.69) is 24.0 Å². The number of hydrogen-bond acceptors (Lipinski definition) is 3. The Labute approximate surface area is 134 Å². The largest absolute Gasteiger partial charge is 0.493 e. The van der Waals surface area contributed by atoms with Crippen LogP contribution in [0.2, 0.25) is 0 Å². The molecule has 1 aliphatic rings. The van der Waals surface area contributed by atoms with E-state index in [1.807, 2.05) is 24.3 Å². The summed E-state index contributed by atoms with van der Waals surface area (Å²) in [7, 11) is 1.66. The molecule has 1 aromatic rings. The molecule has 1 heterocycles. The quantitative estimate of drug-likeness (QED) is 0.746. The number of rotatable bonds is 6. The molecular weight excluding hydrogens is 286 g/mol. The third kappa shape index (κ3) is 5.98. The van der Waals surface area contributed by atoms with E-state index in [9.17, 15) is 0 Å². The van der Waals surface area contributed by atoms with Crippen molar-refractivity contribution in [1.29, 1.82) is 0 Å². The molecule has 1 atom stereocenters. The average molecular weight is 312 g/mol. The summed E-state index contributed by atoms with van der Waals surface area (Å²) in [4.78, 5) is 2.51. The van der Waals surface area contributed by atoms with Gasteiger partial charge in [0.1, 0.15) is 6.61 Å². The highest BCUT2D eigenvalue weighted by molar-refractivity contribution is 5.85. The zero-order valence-corrected chi connectivity index (χ0v) is 13.8. The van der Waals surface area contributed by atoms with Gasteiger partial charge in [-0.15, -0.1) is 12.4 Å². The Balaban J connectivity index is 0.00000220. The molecule has 3 nitrogen and oxygen atoms in total. The molecule has 1 fully saturated rings. The fourth-order valence-electron chi connectivity index (χ4n) is 2.62. The van der Waals surface area contributed by atoms with Crippen LogP contribution in [-0.4, -0.2) is 38.3 Å². The maximum atomic E-state index is 5.71. The molecule has 0 saturated carbocycles. The fraction of sp³-hybridized carbons (Fsp3) is 0.529. The monoisotopic (exact) mass is 311 g/mol. The van der Waals surface area contributed by atoms with Crippen molar-refractivity contribution in [2.75, 3.05) is 33.4 Å². The Bertz CT molecular complexity index is 437. The second-order valence-corrected chi connectivity index (χ2v) is 5.44. The topological polar surface area (TPSA) is 21.7 Å². The Hall–Kier alpha value is -1.19. The first-order valence-corrected chi connectivity index (χ1v) is 7.42. The van der Waals surface area contributed by atoms with Crippen molar-refractivity contribution in [3.63, 3.8) is 0 Å². The maximum absolute atomic E-state index is 5.71. The number of nitrogens with zero attached hydrogens (tertiary/aromatic N) is 1. The van der Waals surface area contributed by atoms with E-state index in [0.29, 0.717) is 6.61 Å². The summed E-state index contributed by atoms with van der Waals surface area (Å²) in [5, 5.41) is 0. The van der Waals surface area contributed by atoms with E-state index in [1.165, 1.54) is 25.9 Å². The lowest BCUT2D eigenvalue weighted by Gasteiger charge is -2.29. The second kappa shape index (κ2) is 9.69. The Morgan fingerprint density at radius 1 is 1.24 bits per heavy atom. The summed E-state index contributed by atoms with van der Waals surface area (Å²) in [6.45, 7) is 6.39. The van der Waals surface area contributed by atoms with Crippen LogP contribution in [0.1, 0.15) is 19.8 Å². The molecule has 0 bridgehead atoms. The van der Waals surface area contributed by atoms with Crippen LogP contribution in [0.4, 0.5) is 0 Å². The first-order chi connectivity index (χ1) is 9.79. The molecular formula is C17H26ClNO2. The van der Waals surface area contributed by atoms with Crippen molar-refractivity contribution < 1.29 is 9.47 Å². The van der Waals surface area contributed by atoms with Gasteiger partial charge in [-0.05, 0) is 37.4 Å². The van der Waals surface area contributed by atoms with E-state index in [-0.39, 0.29) is 12.4 Å². The van der Waals surface area contributed by atoms with E-state index in [0.717, 1.165) is 24.0 Å². The summed E-state index contributed by atoms with van der Waals surface area (Å²) in [5.41, 5.74) is 0. The van der Waals surface area contributed by atoms with Crippen LogP contribution in [0, 0.1) is 5.92 Å². The molecule has 4 heteroatoms. The molecule has 0 N–H and O–H groups in total. The summed E-state index contributed by atoms with van der Waals surface area (Å²) < 4.78 is 11.0. The molecule has 1 saturated heterocycles. The van der Waals surface area contributed by atoms with Gasteiger partial charge >= 0.3 is 0 Å². The first-order valence-electron chi connectivity index (χ1n) is 7.42. The summed E-state index contributed by atoms with van der Waals surface area (Å²) in [6, 6.07) is 7.74. The number of methoxy groups -OCH3 is 1. The Morgan fingerprint density at radius 3 is 2.71 bits per heavy atom. The number of likely N-dealkylation sites (tertiary alicyclic amines) is 1. The predicted octanol–water partition coefficient (Wildman–Crippen LogP) is 3.78. The lowest BCUT2D eigenvalue weighted by atomic mass is 10.0. The molecule has 1 aliphatic heterocycles. The van der Waals surface area contributed by atoms with Crippen LogP contribution in [0.3, 0.4) is 0 Å². The van der Waals surface area contributed by atoms with Gasteiger partial charge in [0.15, 0.2) is 11.5 Å². The van der Waals surface area contributed by atoms with E-state index in [4.69, 9.17) is 9.47 Å². The smallest absolute Gasteiger partial charge is 0.161 e. The molecule has 0 aliphatic carbocycles. The first kappa shape index (κ1) is 17.9. The van der Waals surface area contributed by atoms with Crippen molar-refractivity contribution in [1.82, 2.24) is 4.90 Å². The van der Waals surface area contributed by atoms with Gasteiger partial charge in [-0.25, -0.2) is 0 Å². The van der Waals surface area contributed by atoms with Crippen LogP contribution < -0.4 is 9.47 Å². The molecule has 21 heavy (non-hydrogen) atoms. The summed E-state index contributed by atoms with van der Waals surface area (Å²) in [5.74, 6) is 2.42. The second-order valence-electron chi connectivity index (χ2n) is 5.44. The van der Waals surface area contributed by atoms with Gasteiger partial charge in [0.05, 0.1) is 7.11 Å². The Kier molecular flexibility index (Phi) is 8.24. The van der Waals surface area contributed by atoms with Gasteiger partial charge in [-0.3, -0.25) is 4.90 Å². The van der Waals surface area contributed by atoms with Crippen molar-refractivity contribution in [3.05, 3.63) is 36.4 Å². The standard InChI is InChI=1S/C17H25NO2.ClH/c1-15-8-7-12-18(14-15)11-5-6-13-20-17-10-4-3-9-16(17)19-2;/h3-6,9-10,15H,7-8,11-14H2,1-2H3;1H. The third-order valence-corrected chi connectivity index (χ3v) is 3.68. The third-order valence-electron chi connectivity index (χ3n) is 3.68. The highest BCUT2D eigenvalue weighted by Crippen LogP contribution is 2.25. The fourth-order valence-corrected chi connectivity index (χ4v) is 2.62. The summed E-state index contributed by atoms with van der Waals surface area (Å²) >= 11 is 0. The highest BCUT2D eigenvalue weighted by Gasteiger charge is 2.14. The number of benzene rings is 1. The van der Waals surface area contributed by atoms with Gasteiger partial charge in [-0.2, -0.15) is 0 Å². The van der Waals surface area contributed by atoms with Gasteiger partial charge in [0.2, 0.25) is 0 Å². The van der Waals surface area contributed by atoms with E-state index >= 15 is 0 Å². The maximum Gasteiger partial charge on any atom is 0.161 e. The number of piperidine rings is 1. The minimum atomic E-state index is 0. The molecule has 2 rings (SSSR count). The van der Waals surface area contributed by atoms with Gasteiger partial charge in [0.25, 0.3) is 0 Å². The van der Waals surface area contributed by atoms with Gasteiger partial charge in [0, 0.05) is 13.1 Å². The average Bonchev–Trinajstić information content (AvgIpc) is 2.47. The molecule has 0 spiro atoms. The van der Waals surface area contributed by atoms with E-state index in [1.54, 1.807) is 7.11 Å². The van der Waals surface area contributed by atoms with Crippen LogP contribution in [0.5, 0.6) is 11.5 Å². The Morgan fingerprint density at radius 2 is 2.00 bits per heavy atom. The minimum Gasteiger partial charge on any atom is -0.493 e. The van der Waals surface area contributed by atoms with Crippen LogP contribution in [-0.2, 0) is 0 Å². The van der Waals surface area contributed by atoms with Crippen LogP contribution in [0.25, 0.3) is 0 Å². The zero-order chi connectivity index (χ0) is 14.2. The van der Waals surface area contributed by atoms with Gasteiger partial charge < -0.3 is 9.47 Å². The molecule has 0 amide bonds. The number of halogens is 1. The molecule has 0 aromatic heterocycles. The predicted molar refractivity (Wildman–Crippen MR) is 89.7 cm³/mol. The molecule has 118 valence electrons. The molecule has 1 aromatic carbocycles. The number of ether oxygens (including phenoxy) is 2. The summed E-state index contributed by atoms with van der Waals surface area (Å²) in [6.07, 6.45) is 6.99.